The van der Waals surface area contributed by atoms with E-state index < -0.39 is 0 Å². The third-order valence-electron chi connectivity index (χ3n) is 3.01. The van der Waals surface area contributed by atoms with Crippen molar-refractivity contribution in [2.24, 2.45) is 0 Å². The summed E-state index contributed by atoms with van der Waals surface area (Å²) in [6.07, 6.45) is 0.543. The van der Waals surface area contributed by atoms with Crippen LogP contribution in [0.2, 0.25) is 0 Å². The SMILES string of the molecule is CC1(C)CNCCN1C(=O)Cc1cccs1. The van der Waals surface area contributed by atoms with Gasteiger partial charge in [0.25, 0.3) is 0 Å². The van der Waals surface area contributed by atoms with Crippen molar-refractivity contribution in [3.63, 3.8) is 0 Å². The fourth-order valence-electron chi connectivity index (χ4n) is 2.10. The summed E-state index contributed by atoms with van der Waals surface area (Å²) in [4.78, 5) is 15.3. The second-order valence-corrected chi connectivity index (χ2v) is 5.82. The normalized spacial score (nSPS) is 19.8. The van der Waals surface area contributed by atoms with Crippen LogP contribution in [0.4, 0.5) is 0 Å². The molecule has 3 nitrogen and oxygen atoms in total. The zero-order valence-corrected chi connectivity index (χ0v) is 10.6. The van der Waals surface area contributed by atoms with Gasteiger partial charge in [-0.1, -0.05) is 6.07 Å². The highest BCUT2D eigenvalue weighted by molar-refractivity contribution is 7.10. The Bertz CT molecular complexity index is 359. The van der Waals surface area contributed by atoms with Gasteiger partial charge in [-0.05, 0) is 25.3 Å². The number of rotatable bonds is 2. The summed E-state index contributed by atoms with van der Waals surface area (Å²) in [5.41, 5.74) is -0.0629. The average molecular weight is 238 g/mol. The monoisotopic (exact) mass is 238 g/mol. The molecule has 2 heterocycles. The van der Waals surface area contributed by atoms with E-state index in [1.54, 1.807) is 11.3 Å². The highest BCUT2D eigenvalue weighted by Gasteiger charge is 2.32. The lowest BCUT2D eigenvalue weighted by Gasteiger charge is -2.42. The summed E-state index contributed by atoms with van der Waals surface area (Å²) in [5, 5.41) is 5.35. The molecule has 1 fully saturated rings. The molecule has 0 aliphatic carbocycles. The number of hydrogen-bond donors (Lipinski definition) is 1. The number of carbonyl (C=O) groups excluding carboxylic acids is 1. The molecule has 0 atom stereocenters. The predicted molar refractivity (Wildman–Crippen MR) is 66.7 cm³/mol. The molecule has 1 amide bonds. The van der Waals surface area contributed by atoms with E-state index in [2.05, 4.69) is 19.2 Å². The van der Waals surface area contributed by atoms with E-state index in [9.17, 15) is 4.79 Å². The molecular weight excluding hydrogens is 220 g/mol. The third kappa shape index (κ3) is 2.44. The van der Waals surface area contributed by atoms with Crippen LogP contribution in [-0.2, 0) is 11.2 Å². The van der Waals surface area contributed by atoms with Gasteiger partial charge in [0, 0.05) is 30.1 Å². The van der Waals surface area contributed by atoms with E-state index in [0.29, 0.717) is 6.42 Å². The maximum Gasteiger partial charge on any atom is 0.228 e. The van der Waals surface area contributed by atoms with Crippen molar-refractivity contribution in [2.45, 2.75) is 25.8 Å². The van der Waals surface area contributed by atoms with Gasteiger partial charge in [-0.25, -0.2) is 0 Å². The molecule has 1 aromatic rings. The number of thiophene rings is 1. The highest BCUT2D eigenvalue weighted by atomic mass is 32.1. The van der Waals surface area contributed by atoms with E-state index in [1.165, 1.54) is 0 Å². The molecule has 0 unspecified atom stereocenters. The lowest BCUT2D eigenvalue weighted by molar-refractivity contribution is -0.136. The quantitative estimate of drug-likeness (QED) is 0.847. The first-order valence-corrected chi connectivity index (χ1v) is 6.51. The van der Waals surface area contributed by atoms with Gasteiger partial charge in [0.1, 0.15) is 0 Å². The third-order valence-corrected chi connectivity index (χ3v) is 3.88. The van der Waals surface area contributed by atoms with E-state index in [1.807, 2.05) is 22.4 Å². The molecule has 2 rings (SSSR count). The molecule has 88 valence electrons. The van der Waals surface area contributed by atoms with Crippen molar-refractivity contribution in [1.82, 2.24) is 10.2 Å². The largest absolute Gasteiger partial charge is 0.335 e. The van der Waals surface area contributed by atoms with Crippen molar-refractivity contribution in [2.75, 3.05) is 19.6 Å². The Balaban J connectivity index is 2.03. The predicted octanol–water partition coefficient (Wildman–Crippen LogP) is 1.50. The van der Waals surface area contributed by atoms with Crippen molar-refractivity contribution in [1.29, 1.82) is 0 Å². The average Bonchev–Trinajstić information content (AvgIpc) is 2.69. The molecule has 4 heteroatoms. The number of amides is 1. The minimum Gasteiger partial charge on any atom is -0.335 e. The highest BCUT2D eigenvalue weighted by Crippen LogP contribution is 2.19. The summed E-state index contributed by atoms with van der Waals surface area (Å²) in [6, 6.07) is 4.02. The first-order valence-electron chi connectivity index (χ1n) is 5.63. The summed E-state index contributed by atoms with van der Waals surface area (Å²) >= 11 is 1.65. The van der Waals surface area contributed by atoms with Crippen LogP contribution >= 0.6 is 11.3 Å². The van der Waals surface area contributed by atoms with Gasteiger partial charge in [0.15, 0.2) is 0 Å². The lowest BCUT2D eigenvalue weighted by Crippen LogP contribution is -2.60. The fourth-order valence-corrected chi connectivity index (χ4v) is 2.80. The van der Waals surface area contributed by atoms with Crippen molar-refractivity contribution < 1.29 is 4.79 Å². The number of piperazine rings is 1. The molecule has 16 heavy (non-hydrogen) atoms. The molecule has 0 aromatic carbocycles. The fraction of sp³-hybridized carbons (Fsp3) is 0.583. The van der Waals surface area contributed by atoms with Crippen LogP contribution in [0.15, 0.2) is 17.5 Å². The summed E-state index contributed by atoms with van der Waals surface area (Å²) < 4.78 is 0. The summed E-state index contributed by atoms with van der Waals surface area (Å²) in [5.74, 6) is 0.244. The molecule has 0 spiro atoms. The van der Waals surface area contributed by atoms with Gasteiger partial charge in [0.2, 0.25) is 5.91 Å². The van der Waals surface area contributed by atoms with Crippen LogP contribution in [0.3, 0.4) is 0 Å². The Labute approximate surface area is 100 Å². The van der Waals surface area contributed by atoms with Gasteiger partial charge >= 0.3 is 0 Å². The van der Waals surface area contributed by atoms with E-state index in [0.717, 1.165) is 24.5 Å². The zero-order valence-electron chi connectivity index (χ0n) is 9.82. The maximum atomic E-state index is 12.2. The number of nitrogens with zero attached hydrogens (tertiary/aromatic N) is 1. The molecule has 1 aliphatic rings. The van der Waals surface area contributed by atoms with Crippen LogP contribution in [0.1, 0.15) is 18.7 Å². The van der Waals surface area contributed by atoms with Gasteiger partial charge in [-0.15, -0.1) is 11.3 Å². The molecule has 0 saturated carbocycles. The van der Waals surface area contributed by atoms with Crippen molar-refractivity contribution >= 4 is 17.2 Å². The van der Waals surface area contributed by atoms with Crippen molar-refractivity contribution in [3.8, 4) is 0 Å². The van der Waals surface area contributed by atoms with Crippen molar-refractivity contribution in [3.05, 3.63) is 22.4 Å². The molecule has 1 aromatic heterocycles. The second kappa shape index (κ2) is 4.55. The molecular formula is C12H18N2OS. The molecule has 1 aliphatic heterocycles. The number of nitrogens with one attached hydrogen (secondary N) is 1. The van der Waals surface area contributed by atoms with Crippen LogP contribution < -0.4 is 5.32 Å². The Kier molecular flexibility index (Phi) is 3.30. The van der Waals surface area contributed by atoms with Gasteiger partial charge in [-0.3, -0.25) is 4.79 Å². The molecule has 1 N–H and O–H groups in total. The van der Waals surface area contributed by atoms with E-state index >= 15 is 0 Å². The summed E-state index contributed by atoms with van der Waals surface area (Å²) in [6.45, 7) is 6.83. The lowest BCUT2D eigenvalue weighted by atomic mass is 9.99. The first kappa shape index (κ1) is 11.6. The maximum absolute atomic E-state index is 12.2. The van der Waals surface area contributed by atoms with E-state index in [-0.39, 0.29) is 11.4 Å². The molecule has 1 saturated heterocycles. The number of hydrogen-bond acceptors (Lipinski definition) is 3. The van der Waals surface area contributed by atoms with Gasteiger partial charge < -0.3 is 10.2 Å². The number of carbonyl (C=O) groups is 1. The Morgan fingerprint density at radius 2 is 2.44 bits per heavy atom. The van der Waals surface area contributed by atoms with Gasteiger partial charge in [0.05, 0.1) is 6.42 Å². The molecule has 0 bridgehead atoms. The molecule has 0 radical (unpaired) electrons. The van der Waals surface area contributed by atoms with Crippen LogP contribution in [0.5, 0.6) is 0 Å². The van der Waals surface area contributed by atoms with Gasteiger partial charge in [-0.2, -0.15) is 0 Å². The Morgan fingerprint density at radius 3 is 3.06 bits per heavy atom. The summed E-state index contributed by atoms with van der Waals surface area (Å²) in [7, 11) is 0. The standard InChI is InChI=1S/C12H18N2OS/c1-12(2)9-13-5-6-14(12)11(15)8-10-4-3-7-16-10/h3-4,7,13H,5-6,8-9H2,1-2H3. The minimum atomic E-state index is -0.0629. The van der Waals surface area contributed by atoms with Crippen LogP contribution in [0.25, 0.3) is 0 Å². The zero-order chi connectivity index (χ0) is 11.6. The van der Waals surface area contributed by atoms with E-state index in [4.69, 9.17) is 0 Å². The minimum absolute atomic E-state index is 0.0629. The Morgan fingerprint density at radius 1 is 1.62 bits per heavy atom. The topological polar surface area (TPSA) is 32.3 Å². The second-order valence-electron chi connectivity index (χ2n) is 4.79. The smallest absolute Gasteiger partial charge is 0.228 e. The first-order chi connectivity index (χ1) is 7.59. The van der Waals surface area contributed by atoms with Crippen LogP contribution in [-0.4, -0.2) is 36.0 Å². The Hall–Kier alpha value is -0.870. The van der Waals surface area contributed by atoms with Crippen LogP contribution in [0, 0.1) is 0 Å².